The van der Waals surface area contributed by atoms with Gasteiger partial charge in [-0.1, -0.05) is 27.2 Å². The lowest BCUT2D eigenvalue weighted by atomic mass is 9.81. The van der Waals surface area contributed by atoms with Crippen molar-refractivity contribution >= 4 is 64.2 Å². The number of fused-ring (bicyclic) bond motifs is 5. The Hall–Kier alpha value is -7.60. The molecule has 3 aromatic rings. The molecule has 4 aliphatic rings. The number of hydrogen-bond donors (Lipinski definition) is 8. The number of carbonyl (C=O) groups is 8. The van der Waals surface area contributed by atoms with E-state index in [1.165, 1.54) is 22.8 Å². The van der Waals surface area contributed by atoms with Gasteiger partial charge in [-0.2, -0.15) is 0 Å². The molecule has 0 saturated carbocycles. The van der Waals surface area contributed by atoms with Gasteiger partial charge in [0, 0.05) is 54.2 Å². The molecule has 1 aliphatic carbocycles. The lowest BCUT2D eigenvalue weighted by Gasteiger charge is -2.31. The van der Waals surface area contributed by atoms with E-state index in [0.29, 0.717) is 71.1 Å². The van der Waals surface area contributed by atoms with Crippen LogP contribution in [0.25, 0.3) is 22.3 Å². The number of hydrogen-bond acceptors (Lipinski definition) is 14. The summed E-state index contributed by atoms with van der Waals surface area (Å²) in [5, 5.41) is 25.4. The number of nitrogens with zero attached hydrogens (tertiary/aromatic N) is 4. The van der Waals surface area contributed by atoms with Crippen molar-refractivity contribution in [3.63, 3.8) is 0 Å². The van der Waals surface area contributed by atoms with Crippen molar-refractivity contribution in [1.82, 2.24) is 41.0 Å². The van der Waals surface area contributed by atoms with Crippen molar-refractivity contribution in [2.45, 2.75) is 122 Å². The minimum Gasteiger partial charge on any atom is -0.458 e. The molecule has 2 aromatic heterocycles. The topological polar surface area (TPSA) is 338 Å². The SMILES string of the molecule is CC[C@@]1(O)C(=O)OCc2c1cc1n(c2=O)Cc2c-1nc1cc(F)c(C)c3c1c2[C@@H](NC(=O)COCNC(=O)[C@H](CCCN=C(N)N)NC(=O)CNC(=O)[C@@H](NC(=O)CCCCCN1C(=O)C=CC1=O)C(C)C)CC3. The number of aromatic nitrogens is 2. The summed E-state index contributed by atoms with van der Waals surface area (Å²) in [7, 11) is 0. The lowest BCUT2D eigenvalue weighted by molar-refractivity contribution is -0.172. The number of unbranched alkanes of at least 4 members (excludes halogenated alkanes) is 2. The average Bonchev–Trinajstić information content (AvgIpc) is 3.90. The summed E-state index contributed by atoms with van der Waals surface area (Å²) in [6.45, 7) is 5.31. The van der Waals surface area contributed by atoms with Crippen LogP contribution in [0.4, 0.5) is 4.39 Å². The summed E-state index contributed by atoms with van der Waals surface area (Å²) >= 11 is 0. The van der Waals surface area contributed by atoms with Crippen molar-refractivity contribution in [3.8, 4) is 11.4 Å². The monoisotopic (exact) mass is 1030 g/mol. The van der Waals surface area contributed by atoms with Crippen LogP contribution >= 0.6 is 0 Å². The van der Waals surface area contributed by atoms with Crippen LogP contribution in [-0.4, -0.2) is 118 Å². The predicted octanol–water partition coefficient (Wildman–Crippen LogP) is 0.00172. The molecule has 1 aromatic carbocycles. The first-order valence-electron chi connectivity index (χ1n) is 24.7. The molecule has 0 radical (unpaired) electrons. The molecule has 74 heavy (non-hydrogen) atoms. The number of imide groups is 1. The molecule has 24 heteroatoms. The number of aliphatic imine (C=N–C) groups is 1. The second kappa shape index (κ2) is 23.1. The molecule has 3 aliphatic heterocycles. The van der Waals surface area contributed by atoms with Gasteiger partial charge < -0.3 is 57.2 Å². The minimum atomic E-state index is -2.06. The highest BCUT2D eigenvalue weighted by atomic mass is 19.1. The van der Waals surface area contributed by atoms with E-state index < -0.39 is 90.5 Å². The summed E-state index contributed by atoms with van der Waals surface area (Å²) in [5.74, 6) is -5.59. The molecule has 7 rings (SSSR count). The van der Waals surface area contributed by atoms with Gasteiger partial charge in [-0.3, -0.25) is 48.2 Å². The highest BCUT2D eigenvalue weighted by Gasteiger charge is 2.46. The Labute approximate surface area is 424 Å². The molecular formula is C50H62FN11O12. The minimum absolute atomic E-state index is 0.0440. The third-order valence-corrected chi connectivity index (χ3v) is 13.8. The zero-order valence-corrected chi connectivity index (χ0v) is 41.7. The third kappa shape index (κ3) is 11.6. The Morgan fingerprint density at radius 2 is 1.70 bits per heavy atom. The second-order valence-electron chi connectivity index (χ2n) is 19.1. The summed E-state index contributed by atoms with van der Waals surface area (Å²) in [6.07, 6.45) is 5.05. The van der Waals surface area contributed by atoms with Gasteiger partial charge in [-0.15, -0.1) is 0 Å². The molecule has 4 atom stereocenters. The Kier molecular flexibility index (Phi) is 16.9. The maximum atomic E-state index is 15.4. The van der Waals surface area contributed by atoms with E-state index in [1.54, 1.807) is 33.8 Å². The highest BCUT2D eigenvalue weighted by Crippen LogP contribution is 2.46. The van der Waals surface area contributed by atoms with Gasteiger partial charge in [0.05, 0.1) is 41.6 Å². The number of amides is 7. The van der Waals surface area contributed by atoms with E-state index in [-0.39, 0.29) is 86.7 Å². The molecule has 23 nitrogen and oxygen atoms in total. The van der Waals surface area contributed by atoms with Crippen molar-refractivity contribution in [1.29, 1.82) is 0 Å². The van der Waals surface area contributed by atoms with Crippen molar-refractivity contribution < 1.29 is 57.3 Å². The molecular weight excluding hydrogens is 966 g/mol. The Morgan fingerprint density at radius 3 is 2.41 bits per heavy atom. The number of carbonyl (C=O) groups excluding carboxylic acids is 8. The maximum Gasteiger partial charge on any atom is 0.343 e. The number of halogens is 1. The molecule has 10 N–H and O–H groups in total. The predicted molar refractivity (Wildman–Crippen MR) is 263 cm³/mol. The summed E-state index contributed by atoms with van der Waals surface area (Å²) in [5.41, 5.74) is 12.0. The van der Waals surface area contributed by atoms with Gasteiger partial charge in [0.15, 0.2) is 11.6 Å². The number of nitrogens with two attached hydrogens (primary N) is 2. The van der Waals surface area contributed by atoms with Gasteiger partial charge in [-0.25, -0.2) is 14.2 Å². The van der Waals surface area contributed by atoms with E-state index in [0.717, 1.165) is 10.5 Å². The van der Waals surface area contributed by atoms with Crippen LogP contribution in [0.3, 0.4) is 0 Å². The van der Waals surface area contributed by atoms with Gasteiger partial charge >= 0.3 is 5.97 Å². The van der Waals surface area contributed by atoms with Crippen molar-refractivity contribution in [3.05, 3.63) is 73.8 Å². The highest BCUT2D eigenvalue weighted by molar-refractivity contribution is 6.12. The van der Waals surface area contributed by atoms with E-state index in [9.17, 15) is 48.3 Å². The molecule has 0 fully saturated rings. The number of aliphatic hydroxyl groups is 1. The molecule has 0 unspecified atom stereocenters. The van der Waals surface area contributed by atoms with E-state index in [1.807, 2.05) is 0 Å². The molecule has 0 bridgehead atoms. The molecule has 396 valence electrons. The molecule has 0 spiro atoms. The normalized spacial score (nSPS) is 18.0. The zero-order valence-electron chi connectivity index (χ0n) is 41.7. The second-order valence-corrected chi connectivity index (χ2v) is 19.1. The smallest absolute Gasteiger partial charge is 0.343 e. The number of ether oxygens (including phenoxy) is 2. The number of cyclic esters (lactones) is 1. The Balaban J connectivity index is 0.942. The Morgan fingerprint density at radius 1 is 0.959 bits per heavy atom. The molecule has 0 saturated heterocycles. The van der Waals surface area contributed by atoms with Crippen molar-refractivity contribution in [2.24, 2.45) is 22.4 Å². The fourth-order valence-electron chi connectivity index (χ4n) is 9.78. The van der Waals surface area contributed by atoms with Gasteiger partial charge in [0.1, 0.15) is 37.8 Å². The number of rotatable bonds is 23. The molecule has 7 amide bonds. The third-order valence-electron chi connectivity index (χ3n) is 13.8. The first-order chi connectivity index (χ1) is 35.2. The van der Waals surface area contributed by atoms with Gasteiger partial charge in [-0.05, 0) is 80.5 Å². The van der Waals surface area contributed by atoms with Gasteiger partial charge in [0.2, 0.25) is 29.5 Å². The average molecular weight is 1030 g/mol. The number of benzene rings is 1. The van der Waals surface area contributed by atoms with Crippen LogP contribution < -0.4 is 43.6 Å². The number of aryl methyl sites for hydroxylation is 1. The van der Waals surface area contributed by atoms with E-state index >= 15 is 4.39 Å². The van der Waals surface area contributed by atoms with Crippen LogP contribution in [0.5, 0.6) is 0 Å². The van der Waals surface area contributed by atoms with Crippen molar-refractivity contribution in [2.75, 3.05) is 33.0 Å². The van der Waals surface area contributed by atoms with E-state index in [2.05, 4.69) is 31.6 Å². The Bertz CT molecular complexity index is 2900. The van der Waals surface area contributed by atoms with Crippen LogP contribution in [0, 0.1) is 18.7 Å². The largest absolute Gasteiger partial charge is 0.458 e. The van der Waals surface area contributed by atoms with Crippen LogP contribution in [0.2, 0.25) is 0 Å². The van der Waals surface area contributed by atoms with Crippen LogP contribution in [-0.2, 0) is 73.0 Å². The number of nitrogens with one attached hydrogen (secondary N) is 5. The number of esters is 1. The summed E-state index contributed by atoms with van der Waals surface area (Å²) < 4.78 is 27.7. The number of pyridine rings is 2. The standard InChI is InChI=1S/C50H62FN11O12/c1-5-50(72)30-18-35-44-28(21-62(35)47(70)29(30)22-74-48(50)71)42-32(13-12-27-26(4)31(51)19-34(59-44)41(27)42)57-38(65)23-73-24-56-45(68)33(10-9-16-54-49(52)53)58-37(64)20-55-46(69)43(25(2)3)60-36(63)11-7-6-8-17-61-39(66)14-15-40(61)67/h14-15,18-19,25,32-33,43,72H,5-13,16-17,20-24H2,1-4H3,(H,55,69)(H,56,68)(H,57,65)(H,58,64)(H,60,63)(H4,52,53,54)/t32-,33-,43-,50-/m0/s1. The molecule has 5 heterocycles. The zero-order chi connectivity index (χ0) is 53.6. The van der Waals surface area contributed by atoms with Crippen LogP contribution in [0.15, 0.2) is 34.1 Å². The first-order valence-corrected chi connectivity index (χ1v) is 24.7. The first kappa shape index (κ1) is 54.2. The van der Waals surface area contributed by atoms with Crippen LogP contribution in [0.1, 0.15) is 112 Å². The van der Waals surface area contributed by atoms with Gasteiger partial charge in [0.25, 0.3) is 17.4 Å². The lowest BCUT2D eigenvalue weighted by Crippen LogP contribution is -2.53. The quantitative estimate of drug-likeness (QED) is 0.0121. The maximum absolute atomic E-state index is 15.4. The number of guanidine groups is 1. The summed E-state index contributed by atoms with van der Waals surface area (Å²) in [6, 6.07) is 0.0950. The fraction of sp³-hybridized carbons (Fsp3) is 0.500. The fourth-order valence-corrected chi connectivity index (χ4v) is 9.78. The van der Waals surface area contributed by atoms with E-state index in [4.69, 9.17) is 25.9 Å². The summed E-state index contributed by atoms with van der Waals surface area (Å²) in [4.78, 5) is 126.